The average molecular weight is 470 g/mol. The second-order valence-corrected chi connectivity index (χ2v) is 8.94. The minimum atomic E-state index is -0.410. The van der Waals surface area contributed by atoms with Gasteiger partial charge in [-0.05, 0) is 42.5 Å². The second kappa shape index (κ2) is 13.1. The Balaban J connectivity index is 1.65. The first-order chi connectivity index (χ1) is 16.4. The van der Waals surface area contributed by atoms with Crippen molar-refractivity contribution in [1.82, 2.24) is 15.5 Å². The molecule has 0 bridgehead atoms. The average Bonchev–Trinajstić information content (AvgIpc) is 2.79. The molecule has 0 spiro atoms. The van der Waals surface area contributed by atoms with E-state index in [4.69, 9.17) is 4.74 Å². The number of halogens is 1. The molecular formula is C27H36FN3O3. The maximum Gasteiger partial charge on any atom is 0.240 e. The smallest absolute Gasteiger partial charge is 0.240 e. The summed E-state index contributed by atoms with van der Waals surface area (Å²) >= 11 is 0. The Labute approximate surface area is 201 Å². The van der Waals surface area contributed by atoms with Crippen LogP contribution in [0.5, 0.6) is 5.75 Å². The third-order valence-corrected chi connectivity index (χ3v) is 5.96. The van der Waals surface area contributed by atoms with Crippen molar-refractivity contribution in [2.75, 3.05) is 19.7 Å². The van der Waals surface area contributed by atoms with Crippen LogP contribution < -0.4 is 15.4 Å². The van der Waals surface area contributed by atoms with Gasteiger partial charge in [0, 0.05) is 38.7 Å². The molecule has 2 atom stereocenters. The molecule has 1 aliphatic heterocycles. The molecule has 7 heteroatoms. The molecule has 2 aromatic carbocycles. The van der Waals surface area contributed by atoms with Crippen LogP contribution in [-0.2, 0) is 22.6 Å². The lowest BCUT2D eigenvalue weighted by Crippen LogP contribution is -2.56. The zero-order valence-corrected chi connectivity index (χ0v) is 20.2. The highest BCUT2D eigenvalue weighted by atomic mass is 19.1. The number of rotatable bonds is 12. The molecule has 2 aromatic rings. The number of ether oxygens (including phenoxy) is 1. The standard InChI is InChI=1S/C27H36FN3O3/c1-3-4-8-13-34-25-16-22(14-23(28)17-25)15-24(30-20(2)32)18-26-27(33)31(12-11-29-26)19-21-9-6-5-7-10-21/h5-7,9-10,14,16-17,24,26,29H,3-4,8,11-13,15,18-19H2,1-2H3,(H,30,32)/t24-,26-/m0/s1. The van der Waals surface area contributed by atoms with E-state index >= 15 is 0 Å². The molecular weight excluding hydrogens is 433 g/mol. The molecule has 6 nitrogen and oxygen atoms in total. The summed E-state index contributed by atoms with van der Waals surface area (Å²) < 4.78 is 20.0. The van der Waals surface area contributed by atoms with Gasteiger partial charge in [0.15, 0.2) is 0 Å². The summed E-state index contributed by atoms with van der Waals surface area (Å²) in [5.74, 6) is -0.0365. The highest BCUT2D eigenvalue weighted by Crippen LogP contribution is 2.20. The van der Waals surface area contributed by atoms with Crippen LogP contribution >= 0.6 is 0 Å². The Morgan fingerprint density at radius 1 is 1.21 bits per heavy atom. The van der Waals surface area contributed by atoms with Gasteiger partial charge in [0.05, 0.1) is 12.6 Å². The zero-order chi connectivity index (χ0) is 24.3. The quantitative estimate of drug-likeness (QED) is 0.464. The molecule has 184 valence electrons. The monoisotopic (exact) mass is 469 g/mol. The van der Waals surface area contributed by atoms with Gasteiger partial charge < -0.3 is 20.3 Å². The number of unbranched alkanes of at least 4 members (excludes halogenated alkanes) is 2. The summed E-state index contributed by atoms with van der Waals surface area (Å²) in [5.41, 5.74) is 1.81. The van der Waals surface area contributed by atoms with E-state index in [9.17, 15) is 14.0 Å². The summed E-state index contributed by atoms with van der Waals surface area (Å²) in [4.78, 5) is 26.9. The summed E-state index contributed by atoms with van der Waals surface area (Å²) in [5, 5.41) is 6.24. The Hall–Kier alpha value is -2.93. The topological polar surface area (TPSA) is 70.7 Å². The normalized spacial score (nSPS) is 16.9. The van der Waals surface area contributed by atoms with E-state index in [1.54, 1.807) is 0 Å². The maximum absolute atomic E-state index is 14.3. The number of nitrogens with zero attached hydrogens (tertiary/aromatic N) is 1. The van der Waals surface area contributed by atoms with Crippen LogP contribution in [0.2, 0.25) is 0 Å². The van der Waals surface area contributed by atoms with Crippen molar-refractivity contribution in [3.63, 3.8) is 0 Å². The fraction of sp³-hybridized carbons (Fsp3) is 0.481. The molecule has 1 aliphatic rings. The number of carbonyl (C=O) groups is 2. The number of piperazine rings is 1. The minimum absolute atomic E-state index is 0.0182. The summed E-state index contributed by atoms with van der Waals surface area (Å²) in [6.45, 7) is 6.01. The molecule has 0 unspecified atom stereocenters. The molecule has 0 radical (unpaired) electrons. The molecule has 34 heavy (non-hydrogen) atoms. The van der Waals surface area contributed by atoms with Gasteiger partial charge in [-0.1, -0.05) is 50.1 Å². The molecule has 0 aromatic heterocycles. The van der Waals surface area contributed by atoms with Gasteiger partial charge in [-0.2, -0.15) is 0 Å². The number of hydrogen-bond acceptors (Lipinski definition) is 4. The lowest BCUT2D eigenvalue weighted by atomic mass is 9.97. The summed E-state index contributed by atoms with van der Waals surface area (Å²) in [6.07, 6.45) is 3.91. The van der Waals surface area contributed by atoms with Crippen molar-refractivity contribution in [3.8, 4) is 5.75 Å². The Bertz CT molecular complexity index is 938. The van der Waals surface area contributed by atoms with Crippen molar-refractivity contribution in [1.29, 1.82) is 0 Å². The third-order valence-electron chi connectivity index (χ3n) is 5.96. The first-order valence-corrected chi connectivity index (χ1v) is 12.2. The fourth-order valence-corrected chi connectivity index (χ4v) is 4.35. The first-order valence-electron chi connectivity index (χ1n) is 12.2. The van der Waals surface area contributed by atoms with Gasteiger partial charge in [-0.25, -0.2) is 4.39 Å². The second-order valence-electron chi connectivity index (χ2n) is 8.94. The predicted molar refractivity (Wildman–Crippen MR) is 131 cm³/mol. The Morgan fingerprint density at radius 2 is 2.00 bits per heavy atom. The van der Waals surface area contributed by atoms with Crippen LogP contribution in [0.4, 0.5) is 4.39 Å². The van der Waals surface area contributed by atoms with Crippen molar-refractivity contribution in [2.24, 2.45) is 0 Å². The number of hydrogen-bond donors (Lipinski definition) is 2. The lowest BCUT2D eigenvalue weighted by molar-refractivity contribution is -0.137. The van der Waals surface area contributed by atoms with Crippen molar-refractivity contribution >= 4 is 11.8 Å². The van der Waals surface area contributed by atoms with E-state index in [2.05, 4.69) is 17.6 Å². The lowest BCUT2D eigenvalue weighted by Gasteiger charge is -2.35. The largest absolute Gasteiger partial charge is 0.493 e. The van der Waals surface area contributed by atoms with Gasteiger partial charge in [0.2, 0.25) is 11.8 Å². The van der Waals surface area contributed by atoms with E-state index < -0.39 is 6.04 Å². The summed E-state index contributed by atoms with van der Waals surface area (Å²) in [6, 6.07) is 13.9. The highest BCUT2D eigenvalue weighted by molar-refractivity contribution is 5.83. The van der Waals surface area contributed by atoms with Gasteiger partial charge in [0.1, 0.15) is 11.6 Å². The SMILES string of the molecule is CCCCCOc1cc(F)cc(C[C@@H](C[C@@H]2NCCN(Cc3ccccc3)C2=O)NC(C)=O)c1. The van der Waals surface area contributed by atoms with Crippen LogP contribution in [0.15, 0.2) is 48.5 Å². The van der Waals surface area contributed by atoms with Crippen LogP contribution in [-0.4, -0.2) is 48.5 Å². The van der Waals surface area contributed by atoms with E-state index in [-0.39, 0.29) is 23.7 Å². The molecule has 3 rings (SSSR count). The van der Waals surface area contributed by atoms with Gasteiger partial charge in [0.25, 0.3) is 0 Å². The van der Waals surface area contributed by atoms with E-state index in [0.29, 0.717) is 44.8 Å². The maximum atomic E-state index is 14.3. The summed E-state index contributed by atoms with van der Waals surface area (Å²) in [7, 11) is 0. The molecule has 1 saturated heterocycles. The number of benzene rings is 2. The van der Waals surface area contributed by atoms with Gasteiger partial charge >= 0.3 is 0 Å². The number of amides is 2. The zero-order valence-electron chi connectivity index (χ0n) is 20.2. The highest BCUT2D eigenvalue weighted by Gasteiger charge is 2.31. The molecule has 1 fully saturated rings. The molecule has 2 amide bonds. The van der Waals surface area contributed by atoms with Crippen LogP contribution in [0.1, 0.15) is 50.7 Å². The van der Waals surface area contributed by atoms with E-state index in [1.807, 2.05) is 41.3 Å². The van der Waals surface area contributed by atoms with E-state index in [0.717, 1.165) is 30.4 Å². The van der Waals surface area contributed by atoms with Crippen LogP contribution in [0.3, 0.4) is 0 Å². The predicted octanol–water partition coefficient (Wildman–Crippen LogP) is 3.83. The van der Waals surface area contributed by atoms with Crippen molar-refractivity contribution < 1.29 is 18.7 Å². The minimum Gasteiger partial charge on any atom is -0.493 e. The van der Waals surface area contributed by atoms with Gasteiger partial charge in [-0.15, -0.1) is 0 Å². The molecule has 2 N–H and O–H groups in total. The van der Waals surface area contributed by atoms with Crippen LogP contribution in [0, 0.1) is 5.82 Å². The van der Waals surface area contributed by atoms with Crippen LogP contribution in [0.25, 0.3) is 0 Å². The van der Waals surface area contributed by atoms with Crippen molar-refractivity contribution in [3.05, 3.63) is 65.5 Å². The Kier molecular flexibility index (Phi) is 9.89. The van der Waals surface area contributed by atoms with Gasteiger partial charge in [-0.3, -0.25) is 9.59 Å². The number of nitrogens with one attached hydrogen (secondary N) is 2. The molecule has 0 aliphatic carbocycles. The third kappa shape index (κ3) is 8.13. The fourth-order valence-electron chi connectivity index (χ4n) is 4.35. The van der Waals surface area contributed by atoms with Crippen molar-refractivity contribution in [2.45, 2.75) is 64.6 Å². The Morgan fingerprint density at radius 3 is 2.74 bits per heavy atom. The molecule has 0 saturated carbocycles. The first kappa shape index (κ1) is 25.7. The van der Waals surface area contributed by atoms with E-state index in [1.165, 1.54) is 19.1 Å². The number of carbonyl (C=O) groups excluding carboxylic acids is 2. The molecule has 1 heterocycles.